The standard InChI is InChI=1S/C12H24N2O2S2/c1-12(2,3)7-8-18(15,16)14-10-6-4-5-9(10)11(13)17/h9-10,14H,4-8H2,1-3H3,(H2,13,17). The van der Waals surface area contributed by atoms with Crippen LogP contribution in [0, 0.1) is 11.3 Å². The molecule has 4 nitrogen and oxygen atoms in total. The quantitative estimate of drug-likeness (QED) is 0.758. The maximum atomic E-state index is 12.0. The summed E-state index contributed by atoms with van der Waals surface area (Å²) in [7, 11) is -3.23. The van der Waals surface area contributed by atoms with E-state index < -0.39 is 10.0 Å². The van der Waals surface area contributed by atoms with Crippen LogP contribution in [0.4, 0.5) is 0 Å². The smallest absolute Gasteiger partial charge is 0.211 e. The van der Waals surface area contributed by atoms with Gasteiger partial charge in [-0.2, -0.15) is 0 Å². The Kier molecular flexibility index (Phi) is 5.14. The van der Waals surface area contributed by atoms with Gasteiger partial charge in [0.25, 0.3) is 0 Å². The second kappa shape index (κ2) is 5.84. The van der Waals surface area contributed by atoms with Gasteiger partial charge >= 0.3 is 0 Å². The average molecular weight is 292 g/mol. The number of nitrogens with one attached hydrogen (secondary N) is 1. The van der Waals surface area contributed by atoms with E-state index in [4.69, 9.17) is 18.0 Å². The molecule has 0 saturated heterocycles. The van der Waals surface area contributed by atoms with Crippen molar-refractivity contribution < 1.29 is 8.42 Å². The van der Waals surface area contributed by atoms with Crippen molar-refractivity contribution in [3.8, 4) is 0 Å². The molecule has 0 aliphatic heterocycles. The summed E-state index contributed by atoms with van der Waals surface area (Å²) in [5, 5.41) is 0. The van der Waals surface area contributed by atoms with Crippen LogP contribution < -0.4 is 10.5 Å². The average Bonchev–Trinajstić information content (AvgIpc) is 2.61. The lowest BCUT2D eigenvalue weighted by atomic mass is 9.94. The first kappa shape index (κ1) is 15.9. The molecule has 106 valence electrons. The van der Waals surface area contributed by atoms with Crippen molar-refractivity contribution in [2.75, 3.05) is 5.75 Å². The molecule has 1 fully saturated rings. The highest BCUT2D eigenvalue weighted by molar-refractivity contribution is 7.89. The van der Waals surface area contributed by atoms with Crippen molar-refractivity contribution in [2.45, 2.75) is 52.5 Å². The minimum atomic E-state index is -3.23. The Morgan fingerprint density at radius 2 is 2.00 bits per heavy atom. The van der Waals surface area contributed by atoms with Gasteiger partial charge in [-0.25, -0.2) is 13.1 Å². The first-order valence-corrected chi connectivity index (χ1v) is 8.46. The monoisotopic (exact) mass is 292 g/mol. The summed E-state index contributed by atoms with van der Waals surface area (Å²) in [4.78, 5) is 0.427. The summed E-state index contributed by atoms with van der Waals surface area (Å²) in [6.45, 7) is 6.11. The predicted molar refractivity (Wildman–Crippen MR) is 78.9 cm³/mol. The van der Waals surface area contributed by atoms with E-state index in [-0.39, 0.29) is 23.1 Å². The van der Waals surface area contributed by atoms with Gasteiger partial charge in [-0.15, -0.1) is 0 Å². The van der Waals surface area contributed by atoms with Crippen molar-refractivity contribution in [1.82, 2.24) is 4.72 Å². The van der Waals surface area contributed by atoms with Gasteiger partial charge in [-0.1, -0.05) is 39.4 Å². The van der Waals surface area contributed by atoms with E-state index in [1.165, 1.54) is 0 Å². The summed E-state index contributed by atoms with van der Waals surface area (Å²) in [5.74, 6) is 0.182. The summed E-state index contributed by atoms with van der Waals surface area (Å²) in [6, 6.07) is -0.104. The second-order valence-corrected chi connectivity index (χ2v) is 8.64. The first-order valence-electron chi connectivity index (χ1n) is 6.40. The summed E-state index contributed by atoms with van der Waals surface area (Å²) in [5.41, 5.74) is 5.67. The zero-order valence-electron chi connectivity index (χ0n) is 11.4. The maximum Gasteiger partial charge on any atom is 0.211 e. The van der Waals surface area contributed by atoms with Crippen LogP contribution in [-0.2, 0) is 10.0 Å². The molecule has 0 amide bonds. The van der Waals surface area contributed by atoms with Gasteiger partial charge < -0.3 is 5.73 Å². The van der Waals surface area contributed by atoms with Crippen molar-refractivity contribution in [1.29, 1.82) is 0 Å². The molecule has 1 saturated carbocycles. The van der Waals surface area contributed by atoms with E-state index in [9.17, 15) is 8.42 Å². The molecular weight excluding hydrogens is 268 g/mol. The van der Waals surface area contributed by atoms with Crippen LogP contribution in [0.5, 0.6) is 0 Å². The number of nitrogens with two attached hydrogens (primary N) is 1. The molecule has 1 aliphatic rings. The minimum Gasteiger partial charge on any atom is -0.393 e. The fourth-order valence-electron chi connectivity index (χ4n) is 2.17. The SMILES string of the molecule is CC(C)(C)CCS(=O)(=O)NC1CCCC1C(N)=S. The highest BCUT2D eigenvalue weighted by Gasteiger charge is 2.32. The fraction of sp³-hybridized carbons (Fsp3) is 0.917. The van der Waals surface area contributed by atoms with E-state index in [2.05, 4.69) is 4.72 Å². The molecule has 0 heterocycles. The lowest BCUT2D eigenvalue weighted by Crippen LogP contribution is -2.42. The van der Waals surface area contributed by atoms with Gasteiger partial charge in [0.05, 0.1) is 10.7 Å². The van der Waals surface area contributed by atoms with Crippen molar-refractivity contribution >= 4 is 27.2 Å². The van der Waals surface area contributed by atoms with Gasteiger partial charge in [-0.05, 0) is 24.7 Å². The Labute approximate surface area is 116 Å². The number of sulfonamides is 1. The molecule has 0 spiro atoms. The highest BCUT2D eigenvalue weighted by Crippen LogP contribution is 2.27. The molecule has 0 radical (unpaired) electrons. The molecule has 1 aliphatic carbocycles. The Hall–Kier alpha value is -0.200. The summed E-state index contributed by atoms with van der Waals surface area (Å²) < 4.78 is 26.8. The number of thiocarbonyl (C=S) groups is 1. The lowest BCUT2D eigenvalue weighted by molar-refractivity contribution is 0.395. The predicted octanol–water partition coefficient (Wildman–Crippen LogP) is 1.80. The van der Waals surface area contributed by atoms with Crippen LogP contribution in [0.25, 0.3) is 0 Å². The highest BCUT2D eigenvalue weighted by atomic mass is 32.2. The third kappa shape index (κ3) is 5.20. The second-order valence-electron chi connectivity index (χ2n) is 6.29. The van der Waals surface area contributed by atoms with Crippen LogP contribution in [0.15, 0.2) is 0 Å². The molecule has 0 aromatic heterocycles. The molecular formula is C12H24N2O2S2. The lowest BCUT2D eigenvalue weighted by Gasteiger charge is -2.22. The van der Waals surface area contributed by atoms with E-state index >= 15 is 0 Å². The van der Waals surface area contributed by atoms with Crippen molar-refractivity contribution in [2.24, 2.45) is 17.1 Å². The van der Waals surface area contributed by atoms with Crippen LogP contribution in [-0.4, -0.2) is 25.2 Å². The van der Waals surface area contributed by atoms with E-state index in [0.717, 1.165) is 19.3 Å². The normalized spacial score (nSPS) is 25.3. The van der Waals surface area contributed by atoms with Gasteiger partial charge in [0.1, 0.15) is 0 Å². The van der Waals surface area contributed by atoms with Crippen LogP contribution in [0.3, 0.4) is 0 Å². The van der Waals surface area contributed by atoms with Gasteiger partial charge in [-0.3, -0.25) is 0 Å². The van der Waals surface area contributed by atoms with E-state index in [0.29, 0.717) is 11.4 Å². The Morgan fingerprint density at radius 1 is 1.39 bits per heavy atom. The number of hydrogen-bond acceptors (Lipinski definition) is 3. The van der Waals surface area contributed by atoms with Crippen molar-refractivity contribution in [3.05, 3.63) is 0 Å². The minimum absolute atomic E-state index is 0.0180. The molecule has 1 rings (SSSR count). The maximum absolute atomic E-state index is 12.0. The van der Waals surface area contributed by atoms with Crippen molar-refractivity contribution in [3.63, 3.8) is 0 Å². The molecule has 3 N–H and O–H groups in total. The molecule has 2 unspecified atom stereocenters. The summed E-state index contributed by atoms with van der Waals surface area (Å²) in [6.07, 6.45) is 3.35. The Morgan fingerprint density at radius 3 is 2.50 bits per heavy atom. The zero-order valence-corrected chi connectivity index (χ0v) is 13.0. The van der Waals surface area contributed by atoms with Crippen LogP contribution in [0.2, 0.25) is 0 Å². The van der Waals surface area contributed by atoms with Gasteiger partial charge in [0, 0.05) is 12.0 Å². The Balaban J connectivity index is 2.57. The third-order valence-corrected chi connectivity index (χ3v) is 5.04. The van der Waals surface area contributed by atoms with E-state index in [1.807, 2.05) is 20.8 Å². The zero-order chi connectivity index (χ0) is 14.0. The number of rotatable bonds is 5. The van der Waals surface area contributed by atoms with Crippen LogP contribution >= 0.6 is 12.2 Å². The van der Waals surface area contributed by atoms with E-state index in [1.54, 1.807) is 0 Å². The van der Waals surface area contributed by atoms with Gasteiger partial charge in [0.2, 0.25) is 10.0 Å². The fourth-order valence-corrected chi connectivity index (χ4v) is 4.20. The number of hydrogen-bond donors (Lipinski definition) is 2. The largest absolute Gasteiger partial charge is 0.393 e. The first-order chi connectivity index (χ1) is 8.11. The summed E-state index contributed by atoms with van der Waals surface area (Å²) >= 11 is 4.99. The molecule has 0 aromatic rings. The molecule has 0 bridgehead atoms. The molecule has 6 heteroatoms. The topological polar surface area (TPSA) is 72.2 Å². The molecule has 2 atom stereocenters. The van der Waals surface area contributed by atoms with Gasteiger partial charge in [0.15, 0.2) is 0 Å². The van der Waals surface area contributed by atoms with Crippen LogP contribution in [0.1, 0.15) is 46.5 Å². The molecule has 18 heavy (non-hydrogen) atoms. The Bertz CT molecular complexity index is 399. The molecule has 0 aromatic carbocycles. The third-order valence-electron chi connectivity index (χ3n) is 3.33.